The van der Waals surface area contributed by atoms with Crippen LogP contribution in [0.2, 0.25) is 0 Å². The molecule has 23 heavy (non-hydrogen) atoms. The highest BCUT2D eigenvalue weighted by Gasteiger charge is 2.25. The predicted molar refractivity (Wildman–Crippen MR) is 87.9 cm³/mol. The Morgan fingerprint density at radius 3 is 2.70 bits per heavy atom. The Morgan fingerprint density at radius 2 is 2.13 bits per heavy atom. The van der Waals surface area contributed by atoms with E-state index in [1.807, 2.05) is 6.92 Å². The minimum absolute atomic E-state index is 0.0910. The molecule has 2 rings (SSSR count). The highest BCUT2D eigenvalue weighted by atomic mass is 32.2. The first-order chi connectivity index (χ1) is 10.8. The quantitative estimate of drug-likeness (QED) is 0.819. The Balaban J connectivity index is 2.07. The van der Waals surface area contributed by atoms with E-state index in [4.69, 9.17) is 4.74 Å². The molecule has 1 saturated heterocycles. The van der Waals surface area contributed by atoms with E-state index in [1.54, 1.807) is 36.9 Å². The second kappa shape index (κ2) is 7.31. The molecule has 0 bridgehead atoms. The Bertz CT molecular complexity index is 673. The van der Waals surface area contributed by atoms with E-state index in [9.17, 15) is 13.2 Å². The summed E-state index contributed by atoms with van der Waals surface area (Å²) in [7, 11) is -3.62. The van der Waals surface area contributed by atoms with Crippen LogP contribution in [-0.2, 0) is 14.8 Å². The first-order valence-corrected chi connectivity index (χ1v) is 9.35. The number of sulfonamides is 1. The average molecular weight is 340 g/mol. The summed E-state index contributed by atoms with van der Waals surface area (Å²) >= 11 is 0. The molecular formula is C16H24N2O4S. The molecule has 0 aromatic heterocycles. The van der Waals surface area contributed by atoms with Gasteiger partial charge in [0.1, 0.15) is 5.75 Å². The maximum absolute atomic E-state index is 12.5. The van der Waals surface area contributed by atoms with E-state index in [-0.39, 0.29) is 16.8 Å². The fraction of sp³-hybridized carbons (Fsp3) is 0.562. The standard InChI is InChI=1S/C16H24N2O4S/c1-4-22-14-7-8-15(12(2)10-14)23(20,21)17-13(3)11-18-9-5-6-16(18)19/h7-8,10,13,17H,4-6,9,11H2,1-3H3/t13-/m1/s1. The molecule has 1 N–H and O–H groups in total. The molecule has 0 aliphatic carbocycles. The number of amides is 1. The Morgan fingerprint density at radius 1 is 1.39 bits per heavy atom. The molecule has 128 valence electrons. The molecule has 6 nitrogen and oxygen atoms in total. The van der Waals surface area contributed by atoms with Crippen molar-refractivity contribution in [1.82, 2.24) is 9.62 Å². The van der Waals surface area contributed by atoms with E-state index in [0.29, 0.717) is 37.4 Å². The van der Waals surface area contributed by atoms with Gasteiger partial charge in [0.25, 0.3) is 0 Å². The lowest BCUT2D eigenvalue weighted by Gasteiger charge is -2.22. The molecule has 0 saturated carbocycles. The second-order valence-electron chi connectivity index (χ2n) is 5.83. The van der Waals surface area contributed by atoms with Crippen LogP contribution in [0.4, 0.5) is 0 Å². The van der Waals surface area contributed by atoms with Crippen LogP contribution in [-0.4, -0.2) is 45.0 Å². The topological polar surface area (TPSA) is 75.7 Å². The zero-order valence-corrected chi connectivity index (χ0v) is 14.6. The van der Waals surface area contributed by atoms with Crippen LogP contribution in [0.5, 0.6) is 5.75 Å². The molecule has 0 spiro atoms. The third-order valence-corrected chi connectivity index (χ3v) is 5.52. The number of aryl methyl sites for hydroxylation is 1. The van der Waals surface area contributed by atoms with Crippen molar-refractivity contribution in [3.8, 4) is 5.75 Å². The monoisotopic (exact) mass is 340 g/mol. The van der Waals surface area contributed by atoms with Gasteiger partial charge in [-0.2, -0.15) is 0 Å². The largest absolute Gasteiger partial charge is 0.494 e. The Labute approximate surface area is 137 Å². The number of nitrogens with zero attached hydrogens (tertiary/aromatic N) is 1. The maximum atomic E-state index is 12.5. The van der Waals surface area contributed by atoms with E-state index < -0.39 is 10.0 Å². The third kappa shape index (κ3) is 4.45. The Kier molecular flexibility index (Phi) is 5.64. The summed E-state index contributed by atoms with van der Waals surface area (Å²) in [5.41, 5.74) is 0.632. The van der Waals surface area contributed by atoms with Crippen molar-refractivity contribution in [2.24, 2.45) is 0 Å². The SMILES string of the molecule is CCOc1ccc(S(=O)(=O)N[C@H](C)CN2CCCC2=O)c(C)c1. The number of likely N-dealkylation sites (tertiary alicyclic amines) is 1. The molecule has 1 heterocycles. The fourth-order valence-corrected chi connectivity index (χ4v) is 4.23. The molecule has 1 aliphatic heterocycles. The minimum atomic E-state index is -3.62. The van der Waals surface area contributed by atoms with Gasteiger partial charge in [-0.25, -0.2) is 13.1 Å². The lowest BCUT2D eigenvalue weighted by atomic mass is 10.2. The Hall–Kier alpha value is -1.60. The van der Waals surface area contributed by atoms with Crippen LogP contribution < -0.4 is 9.46 Å². The van der Waals surface area contributed by atoms with Crippen LogP contribution in [0, 0.1) is 6.92 Å². The lowest BCUT2D eigenvalue weighted by molar-refractivity contribution is -0.127. The summed E-state index contributed by atoms with van der Waals surface area (Å²) in [5.74, 6) is 0.743. The summed E-state index contributed by atoms with van der Waals surface area (Å²) in [6, 6.07) is 4.58. The molecule has 1 fully saturated rings. The predicted octanol–water partition coefficient (Wildman–Crippen LogP) is 1.68. The van der Waals surface area contributed by atoms with Crippen LogP contribution >= 0.6 is 0 Å². The van der Waals surface area contributed by atoms with Gasteiger partial charge in [0.05, 0.1) is 11.5 Å². The van der Waals surface area contributed by atoms with Crippen molar-refractivity contribution < 1.29 is 17.9 Å². The van der Waals surface area contributed by atoms with Crippen LogP contribution in [0.25, 0.3) is 0 Å². The van der Waals surface area contributed by atoms with Gasteiger partial charge in [0, 0.05) is 25.6 Å². The molecule has 1 amide bonds. The third-order valence-electron chi connectivity index (χ3n) is 3.77. The van der Waals surface area contributed by atoms with Gasteiger partial charge < -0.3 is 9.64 Å². The van der Waals surface area contributed by atoms with Gasteiger partial charge in [-0.1, -0.05) is 0 Å². The van der Waals surface area contributed by atoms with E-state index in [0.717, 1.165) is 6.42 Å². The summed E-state index contributed by atoms with van der Waals surface area (Å²) in [4.78, 5) is 13.6. The lowest BCUT2D eigenvalue weighted by Crippen LogP contribution is -2.42. The van der Waals surface area contributed by atoms with Crippen LogP contribution in [0.15, 0.2) is 23.1 Å². The number of hydrogen-bond donors (Lipinski definition) is 1. The molecule has 1 aliphatic rings. The van der Waals surface area contributed by atoms with Crippen LogP contribution in [0.1, 0.15) is 32.3 Å². The number of nitrogens with one attached hydrogen (secondary N) is 1. The number of benzene rings is 1. The molecular weight excluding hydrogens is 316 g/mol. The molecule has 0 radical (unpaired) electrons. The first kappa shape index (κ1) is 17.7. The number of rotatable bonds is 7. The molecule has 1 aromatic rings. The van der Waals surface area contributed by atoms with Crippen molar-refractivity contribution in [2.75, 3.05) is 19.7 Å². The summed E-state index contributed by atoms with van der Waals surface area (Å²) in [5, 5.41) is 0. The highest BCUT2D eigenvalue weighted by Crippen LogP contribution is 2.21. The van der Waals surface area contributed by atoms with Crippen molar-refractivity contribution in [1.29, 1.82) is 0 Å². The van der Waals surface area contributed by atoms with Crippen molar-refractivity contribution in [3.05, 3.63) is 23.8 Å². The summed E-state index contributed by atoms with van der Waals surface area (Å²) in [6.45, 7) is 7.02. The van der Waals surface area contributed by atoms with E-state index in [1.165, 1.54) is 0 Å². The summed E-state index contributed by atoms with van der Waals surface area (Å²) in [6.07, 6.45) is 1.40. The number of carbonyl (C=O) groups is 1. The van der Waals surface area contributed by atoms with Gasteiger partial charge in [0.15, 0.2) is 0 Å². The van der Waals surface area contributed by atoms with E-state index in [2.05, 4.69) is 4.72 Å². The van der Waals surface area contributed by atoms with E-state index >= 15 is 0 Å². The average Bonchev–Trinajstić information content (AvgIpc) is 2.83. The van der Waals surface area contributed by atoms with Gasteiger partial charge in [-0.3, -0.25) is 4.79 Å². The zero-order chi connectivity index (χ0) is 17.0. The van der Waals surface area contributed by atoms with Crippen molar-refractivity contribution in [2.45, 2.75) is 44.6 Å². The maximum Gasteiger partial charge on any atom is 0.241 e. The number of ether oxygens (including phenoxy) is 1. The zero-order valence-electron chi connectivity index (χ0n) is 13.8. The minimum Gasteiger partial charge on any atom is -0.494 e. The first-order valence-electron chi connectivity index (χ1n) is 7.87. The summed E-state index contributed by atoms with van der Waals surface area (Å²) < 4.78 is 33.1. The smallest absolute Gasteiger partial charge is 0.241 e. The van der Waals surface area contributed by atoms with Gasteiger partial charge in [0.2, 0.25) is 15.9 Å². The normalized spacial score (nSPS) is 16.7. The van der Waals surface area contributed by atoms with Crippen molar-refractivity contribution in [3.63, 3.8) is 0 Å². The second-order valence-corrected chi connectivity index (χ2v) is 7.51. The number of hydrogen-bond acceptors (Lipinski definition) is 4. The molecule has 7 heteroatoms. The van der Waals surface area contributed by atoms with Gasteiger partial charge in [-0.05, 0) is 51.0 Å². The van der Waals surface area contributed by atoms with Gasteiger partial charge in [-0.15, -0.1) is 0 Å². The van der Waals surface area contributed by atoms with Gasteiger partial charge >= 0.3 is 0 Å². The molecule has 1 aromatic carbocycles. The van der Waals surface area contributed by atoms with Crippen molar-refractivity contribution >= 4 is 15.9 Å². The molecule has 0 unspecified atom stereocenters. The van der Waals surface area contributed by atoms with Crippen LogP contribution in [0.3, 0.4) is 0 Å². The fourth-order valence-electron chi connectivity index (χ4n) is 2.77. The molecule has 1 atom stereocenters. The highest BCUT2D eigenvalue weighted by molar-refractivity contribution is 7.89. The number of carbonyl (C=O) groups excluding carboxylic acids is 1.